The number of hydrogen-bond acceptors (Lipinski definition) is 5. The number of anilines is 1. The lowest BCUT2D eigenvalue weighted by molar-refractivity contribution is 0.0730. The number of carbonyl (C=O) groups is 1. The monoisotopic (exact) mass is 432 g/mol. The predicted octanol–water partition coefficient (Wildman–Crippen LogP) is 1.44. The lowest BCUT2D eigenvalue weighted by atomic mass is 10.0. The van der Waals surface area contributed by atoms with Crippen LogP contribution in [-0.4, -0.2) is 68.6 Å². The molecule has 1 amide bonds. The van der Waals surface area contributed by atoms with Crippen LogP contribution in [-0.2, 0) is 21.8 Å². The van der Waals surface area contributed by atoms with Crippen molar-refractivity contribution in [3.05, 3.63) is 48.3 Å². The van der Waals surface area contributed by atoms with E-state index in [-0.39, 0.29) is 16.8 Å². The molecule has 4 rings (SSSR count). The van der Waals surface area contributed by atoms with Gasteiger partial charge in [-0.05, 0) is 31.0 Å². The first-order chi connectivity index (χ1) is 14.4. The van der Waals surface area contributed by atoms with Crippen LogP contribution in [0.4, 0.5) is 5.69 Å². The zero-order chi connectivity index (χ0) is 21.1. The van der Waals surface area contributed by atoms with E-state index >= 15 is 0 Å². The highest BCUT2D eigenvalue weighted by Crippen LogP contribution is 2.22. The highest BCUT2D eigenvalue weighted by Gasteiger charge is 2.29. The Morgan fingerprint density at radius 1 is 1.07 bits per heavy atom. The summed E-state index contributed by atoms with van der Waals surface area (Å²) in [6.45, 7) is 3.19. The molecule has 0 atom stereocenters. The van der Waals surface area contributed by atoms with Gasteiger partial charge in [0.25, 0.3) is 5.91 Å². The number of carbonyl (C=O) groups excluding carboxylic acids is 1. The number of sulfonamides is 1. The number of aromatic nitrogens is 1. The number of aryl methyl sites for hydroxylation is 1. The summed E-state index contributed by atoms with van der Waals surface area (Å²) in [6.07, 6.45) is 3.21. The number of hydrogen-bond donors (Lipinski definition) is 1. The van der Waals surface area contributed by atoms with Crippen molar-refractivity contribution in [1.82, 2.24) is 14.2 Å². The van der Waals surface area contributed by atoms with E-state index < -0.39 is 10.0 Å². The standard InChI is InChI=1S/C21H28N4O4S/c1-23-16-19(30(27,28)25-11-13-29-14-12-25)15-20(23)21(26)22-17-7-9-24(10-8-17)18-5-3-2-4-6-18/h2-6,15-17H,7-14H2,1H3,(H,22,26). The number of nitrogens with zero attached hydrogens (tertiary/aromatic N) is 3. The molecule has 8 nitrogen and oxygen atoms in total. The summed E-state index contributed by atoms with van der Waals surface area (Å²) in [6, 6.07) is 11.8. The van der Waals surface area contributed by atoms with Crippen molar-refractivity contribution in [2.75, 3.05) is 44.3 Å². The third-order valence-corrected chi connectivity index (χ3v) is 7.64. The lowest BCUT2D eigenvalue weighted by Crippen LogP contribution is -2.45. The van der Waals surface area contributed by atoms with Gasteiger partial charge in [-0.1, -0.05) is 18.2 Å². The Bertz CT molecular complexity index is 976. The van der Waals surface area contributed by atoms with Crippen molar-refractivity contribution in [3.8, 4) is 0 Å². The van der Waals surface area contributed by atoms with E-state index in [1.807, 2.05) is 18.2 Å². The van der Waals surface area contributed by atoms with Gasteiger partial charge in [0.05, 0.1) is 13.2 Å². The Morgan fingerprint density at radius 3 is 2.40 bits per heavy atom. The summed E-state index contributed by atoms with van der Waals surface area (Å²) in [5, 5.41) is 3.08. The predicted molar refractivity (Wildman–Crippen MR) is 114 cm³/mol. The van der Waals surface area contributed by atoms with Gasteiger partial charge in [-0.3, -0.25) is 4.79 Å². The van der Waals surface area contributed by atoms with Gasteiger partial charge < -0.3 is 19.5 Å². The molecule has 3 heterocycles. The van der Waals surface area contributed by atoms with Crippen molar-refractivity contribution >= 4 is 21.6 Å². The van der Waals surface area contributed by atoms with E-state index in [9.17, 15) is 13.2 Å². The molecule has 2 aliphatic rings. The maximum atomic E-state index is 12.9. The molecule has 9 heteroatoms. The summed E-state index contributed by atoms with van der Waals surface area (Å²) in [5.41, 5.74) is 1.55. The molecule has 0 saturated carbocycles. The fourth-order valence-electron chi connectivity index (χ4n) is 4.02. The first kappa shape index (κ1) is 20.9. The van der Waals surface area contributed by atoms with Gasteiger partial charge in [-0.15, -0.1) is 0 Å². The van der Waals surface area contributed by atoms with Crippen molar-refractivity contribution in [2.45, 2.75) is 23.8 Å². The molecule has 0 aliphatic carbocycles. The van der Waals surface area contributed by atoms with Crippen LogP contribution in [0.25, 0.3) is 0 Å². The van der Waals surface area contributed by atoms with Crippen LogP contribution < -0.4 is 10.2 Å². The van der Waals surface area contributed by atoms with Crippen LogP contribution in [0.5, 0.6) is 0 Å². The maximum Gasteiger partial charge on any atom is 0.268 e. The van der Waals surface area contributed by atoms with Crippen LogP contribution in [0.15, 0.2) is 47.5 Å². The number of rotatable bonds is 5. The van der Waals surface area contributed by atoms with Gasteiger partial charge >= 0.3 is 0 Å². The van der Waals surface area contributed by atoms with E-state index in [1.54, 1.807) is 11.6 Å². The SMILES string of the molecule is Cn1cc(S(=O)(=O)N2CCOCC2)cc1C(=O)NC1CCN(c2ccccc2)CC1. The molecule has 162 valence electrons. The maximum absolute atomic E-state index is 12.9. The van der Waals surface area contributed by atoms with Crippen LogP contribution >= 0.6 is 0 Å². The quantitative estimate of drug-likeness (QED) is 0.773. The summed E-state index contributed by atoms with van der Waals surface area (Å²) >= 11 is 0. The second kappa shape index (κ2) is 8.79. The number of ether oxygens (including phenoxy) is 1. The lowest BCUT2D eigenvalue weighted by Gasteiger charge is -2.34. The third kappa shape index (κ3) is 4.38. The van der Waals surface area contributed by atoms with Crippen molar-refractivity contribution in [3.63, 3.8) is 0 Å². The summed E-state index contributed by atoms with van der Waals surface area (Å²) < 4.78 is 33.9. The van der Waals surface area contributed by atoms with Gasteiger partial charge in [0.15, 0.2) is 0 Å². The fraction of sp³-hybridized carbons (Fsp3) is 0.476. The average molecular weight is 433 g/mol. The fourth-order valence-corrected chi connectivity index (χ4v) is 5.50. The average Bonchev–Trinajstić information content (AvgIpc) is 3.18. The summed E-state index contributed by atoms with van der Waals surface area (Å²) in [7, 11) is -1.92. The van der Waals surface area contributed by atoms with Gasteiger partial charge in [0.2, 0.25) is 10.0 Å². The number of amides is 1. The van der Waals surface area contributed by atoms with Crippen LogP contribution in [0.1, 0.15) is 23.3 Å². The van der Waals surface area contributed by atoms with Gasteiger partial charge in [0, 0.05) is 51.2 Å². The Kier molecular flexibility index (Phi) is 6.12. The second-order valence-corrected chi connectivity index (χ2v) is 9.70. The topological polar surface area (TPSA) is 83.9 Å². The van der Waals surface area contributed by atoms with Crippen molar-refractivity contribution < 1.29 is 17.9 Å². The summed E-state index contributed by atoms with van der Waals surface area (Å²) in [5.74, 6) is -0.237. The number of para-hydroxylation sites is 1. The molecule has 0 spiro atoms. The second-order valence-electron chi connectivity index (χ2n) is 7.76. The highest BCUT2D eigenvalue weighted by atomic mass is 32.2. The van der Waals surface area contributed by atoms with Gasteiger partial charge in [-0.25, -0.2) is 8.42 Å². The number of nitrogens with one attached hydrogen (secondary N) is 1. The molecule has 2 saturated heterocycles. The smallest absolute Gasteiger partial charge is 0.268 e. The molecule has 1 aromatic carbocycles. The van der Waals surface area contributed by atoms with E-state index in [0.29, 0.717) is 32.0 Å². The zero-order valence-corrected chi connectivity index (χ0v) is 18.0. The third-order valence-electron chi connectivity index (χ3n) is 5.77. The first-order valence-electron chi connectivity index (χ1n) is 10.3. The van der Waals surface area contributed by atoms with Crippen molar-refractivity contribution in [1.29, 1.82) is 0 Å². The van der Waals surface area contributed by atoms with E-state index in [4.69, 9.17) is 4.74 Å². The van der Waals surface area contributed by atoms with E-state index in [0.717, 1.165) is 25.9 Å². The Labute approximate surface area is 177 Å². The van der Waals surface area contributed by atoms with Gasteiger partial charge in [-0.2, -0.15) is 4.31 Å². The number of morpholine rings is 1. The van der Waals surface area contributed by atoms with Gasteiger partial charge in [0.1, 0.15) is 10.6 Å². The molecule has 2 aliphatic heterocycles. The molecule has 0 bridgehead atoms. The first-order valence-corrected chi connectivity index (χ1v) is 11.7. The minimum absolute atomic E-state index is 0.0756. The van der Waals surface area contributed by atoms with Crippen molar-refractivity contribution in [2.24, 2.45) is 7.05 Å². The molecule has 2 fully saturated rings. The zero-order valence-electron chi connectivity index (χ0n) is 17.2. The van der Waals surface area contributed by atoms with E-state index in [1.165, 1.54) is 22.3 Å². The largest absolute Gasteiger partial charge is 0.379 e. The molecule has 2 aromatic rings. The molecule has 0 radical (unpaired) electrons. The Hall–Kier alpha value is -2.36. The highest BCUT2D eigenvalue weighted by molar-refractivity contribution is 7.89. The van der Waals surface area contributed by atoms with E-state index in [2.05, 4.69) is 22.3 Å². The molecule has 1 N–H and O–H groups in total. The molecular formula is C21H28N4O4S. The minimum atomic E-state index is -3.62. The molecular weight excluding hydrogens is 404 g/mol. The summed E-state index contributed by atoms with van der Waals surface area (Å²) in [4.78, 5) is 15.3. The Morgan fingerprint density at radius 2 is 1.73 bits per heavy atom. The molecule has 30 heavy (non-hydrogen) atoms. The Balaban J connectivity index is 1.39. The minimum Gasteiger partial charge on any atom is -0.379 e. The van der Waals surface area contributed by atoms with Crippen LogP contribution in [0.3, 0.4) is 0 Å². The molecule has 0 unspecified atom stereocenters. The normalized spacial score (nSPS) is 19.0. The van der Waals surface area contributed by atoms with Crippen LogP contribution in [0.2, 0.25) is 0 Å². The molecule has 1 aromatic heterocycles. The number of piperidine rings is 1. The van der Waals surface area contributed by atoms with Crippen LogP contribution in [0, 0.1) is 0 Å². The number of benzene rings is 1.